The molecule has 1 amide bonds. The first-order chi connectivity index (χ1) is 10.5. The van der Waals surface area contributed by atoms with Crippen molar-refractivity contribution in [2.24, 2.45) is 18.9 Å². The number of nitrogens with zero attached hydrogens (tertiary/aromatic N) is 2. The molecule has 2 heterocycles. The number of amides is 1. The lowest BCUT2D eigenvalue weighted by atomic mass is 9.96. The second-order valence-corrected chi connectivity index (χ2v) is 6.67. The third-order valence-corrected chi connectivity index (χ3v) is 4.87. The van der Waals surface area contributed by atoms with E-state index in [4.69, 9.17) is 0 Å². The number of piperidine rings is 1. The first-order valence-corrected chi connectivity index (χ1v) is 8.46. The number of aromatic nitrogens is 2. The van der Waals surface area contributed by atoms with Gasteiger partial charge < -0.3 is 10.6 Å². The topological polar surface area (TPSA) is 59.0 Å². The third-order valence-electron chi connectivity index (χ3n) is 4.87. The van der Waals surface area contributed by atoms with Crippen LogP contribution < -0.4 is 10.6 Å². The van der Waals surface area contributed by atoms with Gasteiger partial charge in [0.05, 0.1) is 5.69 Å². The van der Waals surface area contributed by atoms with Crippen LogP contribution in [-0.4, -0.2) is 35.3 Å². The van der Waals surface area contributed by atoms with Gasteiger partial charge in [0, 0.05) is 25.2 Å². The minimum absolute atomic E-state index is 0.00826. The number of rotatable bonds is 6. The molecule has 0 bridgehead atoms. The van der Waals surface area contributed by atoms with Crippen LogP contribution in [0.5, 0.6) is 0 Å². The zero-order valence-corrected chi connectivity index (χ0v) is 14.4. The highest BCUT2D eigenvalue weighted by Gasteiger charge is 2.19. The van der Waals surface area contributed by atoms with E-state index in [9.17, 15) is 4.79 Å². The molecule has 22 heavy (non-hydrogen) atoms. The van der Waals surface area contributed by atoms with Crippen molar-refractivity contribution in [2.75, 3.05) is 19.6 Å². The van der Waals surface area contributed by atoms with Crippen molar-refractivity contribution in [3.05, 3.63) is 17.0 Å². The SMILES string of the molecule is Cc1nn(C)c(C)c1CC(C)C(=O)NCCC1CCCNC1. The van der Waals surface area contributed by atoms with E-state index in [1.54, 1.807) is 0 Å². The van der Waals surface area contributed by atoms with Crippen LogP contribution in [0, 0.1) is 25.7 Å². The number of nitrogens with one attached hydrogen (secondary N) is 2. The van der Waals surface area contributed by atoms with Gasteiger partial charge in [-0.15, -0.1) is 0 Å². The molecule has 1 aliphatic rings. The van der Waals surface area contributed by atoms with Crippen molar-refractivity contribution in [2.45, 2.75) is 46.5 Å². The fourth-order valence-electron chi connectivity index (χ4n) is 3.26. The van der Waals surface area contributed by atoms with Crippen LogP contribution in [0.15, 0.2) is 0 Å². The molecule has 0 aliphatic carbocycles. The Bertz CT molecular complexity index is 503. The number of hydrogen-bond acceptors (Lipinski definition) is 3. The van der Waals surface area contributed by atoms with Crippen LogP contribution in [0.2, 0.25) is 0 Å². The Morgan fingerprint density at radius 1 is 1.50 bits per heavy atom. The molecule has 1 aromatic heterocycles. The first-order valence-electron chi connectivity index (χ1n) is 8.46. The lowest BCUT2D eigenvalue weighted by Crippen LogP contribution is -2.35. The van der Waals surface area contributed by atoms with Gasteiger partial charge in [0.1, 0.15) is 0 Å². The summed E-state index contributed by atoms with van der Waals surface area (Å²) in [5, 5.41) is 10.9. The van der Waals surface area contributed by atoms with E-state index >= 15 is 0 Å². The van der Waals surface area contributed by atoms with Gasteiger partial charge in [-0.05, 0) is 64.1 Å². The summed E-state index contributed by atoms with van der Waals surface area (Å²) in [6.07, 6.45) is 4.39. The molecule has 0 saturated carbocycles. The molecule has 5 nitrogen and oxygen atoms in total. The number of hydrogen-bond donors (Lipinski definition) is 2. The van der Waals surface area contributed by atoms with E-state index in [-0.39, 0.29) is 11.8 Å². The Kier molecular flexibility index (Phi) is 6.00. The van der Waals surface area contributed by atoms with E-state index in [2.05, 4.69) is 22.7 Å². The van der Waals surface area contributed by atoms with Crippen molar-refractivity contribution in [3.63, 3.8) is 0 Å². The van der Waals surface area contributed by atoms with Gasteiger partial charge in [-0.2, -0.15) is 5.10 Å². The summed E-state index contributed by atoms with van der Waals surface area (Å²) in [7, 11) is 1.95. The summed E-state index contributed by atoms with van der Waals surface area (Å²) < 4.78 is 1.89. The number of carbonyl (C=O) groups is 1. The molecule has 0 radical (unpaired) electrons. The summed E-state index contributed by atoms with van der Waals surface area (Å²) in [6, 6.07) is 0. The first kappa shape index (κ1) is 17.0. The molecule has 1 aromatic rings. The lowest BCUT2D eigenvalue weighted by Gasteiger charge is -2.23. The third kappa shape index (κ3) is 4.32. The predicted molar refractivity (Wildman–Crippen MR) is 88.8 cm³/mol. The van der Waals surface area contributed by atoms with Crippen molar-refractivity contribution in [1.29, 1.82) is 0 Å². The summed E-state index contributed by atoms with van der Waals surface area (Å²) >= 11 is 0. The smallest absolute Gasteiger partial charge is 0.223 e. The quantitative estimate of drug-likeness (QED) is 0.841. The molecule has 124 valence electrons. The maximum absolute atomic E-state index is 12.3. The van der Waals surface area contributed by atoms with Crippen LogP contribution >= 0.6 is 0 Å². The van der Waals surface area contributed by atoms with E-state index < -0.39 is 0 Å². The monoisotopic (exact) mass is 306 g/mol. The molecular weight excluding hydrogens is 276 g/mol. The summed E-state index contributed by atoms with van der Waals surface area (Å²) in [6.45, 7) is 9.12. The average Bonchev–Trinajstić information content (AvgIpc) is 2.74. The highest BCUT2D eigenvalue weighted by atomic mass is 16.1. The average molecular weight is 306 g/mol. The van der Waals surface area contributed by atoms with E-state index in [0.29, 0.717) is 5.92 Å². The molecule has 5 heteroatoms. The fraction of sp³-hybridized carbons (Fsp3) is 0.765. The standard InChI is InChI=1S/C17H30N4O/c1-12(10-16-13(2)20-21(4)14(16)3)17(22)19-9-7-15-6-5-8-18-11-15/h12,15,18H,5-11H2,1-4H3,(H,19,22). The summed E-state index contributed by atoms with van der Waals surface area (Å²) in [5.41, 5.74) is 3.40. The Labute approximate surface area is 133 Å². The van der Waals surface area contributed by atoms with Crippen LogP contribution in [0.25, 0.3) is 0 Å². The van der Waals surface area contributed by atoms with Gasteiger partial charge in [-0.25, -0.2) is 0 Å². The van der Waals surface area contributed by atoms with Crippen LogP contribution in [0.1, 0.15) is 43.1 Å². The number of aryl methyl sites for hydroxylation is 2. The molecule has 2 atom stereocenters. The van der Waals surface area contributed by atoms with Crippen LogP contribution in [-0.2, 0) is 18.3 Å². The molecule has 1 saturated heterocycles. The fourth-order valence-corrected chi connectivity index (χ4v) is 3.26. The maximum Gasteiger partial charge on any atom is 0.223 e. The normalized spacial score (nSPS) is 19.9. The van der Waals surface area contributed by atoms with Gasteiger partial charge in [0.2, 0.25) is 5.91 Å². The Morgan fingerprint density at radius 2 is 2.27 bits per heavy atom. The summed E-state index contributed by atoms with van der Waals surface area (Å²) in [5.74, 6) is 0.865. The lowest BCUT2D eigenvalue weighted by molar-refractivity contribution is -0.124. The molecule has 1 fully saturated rings. The molecule has 1 aliphatic heterocycles. The van der Waals surface area contributed by atoms with Crippen LogP contribution in [0.4, 0.5) is 0 Å². The highest BCUT2D eigenvalue weighted by Crippen LogP contribution is 2.17. The maximum atomic E-state index is 12.3. The van der Waals surface area contributed by atoms with Gasteiger partial charge in [0.25, 0.3) is 0 Å². The molecule has 0 aromatic carbocycles. The minimum atomic E-state index is -0.00826. The molecular formula is C17H30N4O. The van der Waals surface area contributed by atoms with Crippen molar-refractivity contribution < 1.29 is 4.79 Å². The number of carbonyl (C=O) groups excluding carboxylic acids is 1. The van der Waals surface area contributed by atoms with Crippen molar-refractivity contribution >= 4 is 5.91 Å². The van der Waals surface area contributed by atoms with Gasteiger partial charge in [0.15, 0.2) is 0 Å². The van der Waals surface area contributed by atoms with Gasteiger partial charge >= 0.3 is 0 Å². The summed E-state index contributed by atoms with van der Waals surface area (Å²) in [4.78, 5) is 12.3. The van der Waals surface area contributed by atoms with Gasteiger partial charge in [-0.1, -0.05) is 6.92 Å². The second-order valence-electron chi connectivity index (χ2n) is 6.67. The van der Waals surface area contributed by atoms with Gasteiger partial charge in [-0.3, -0.25) is 9.48 Å². The molecule has 2 N–H and O–H groups in total. The molecule has 2 unspecified atom stereocenters. The Morgan fingerprint density at radius 3 is 2.86 bits per heavy atom. The largest absolute Gasteiger partial charge is 0.356 e. The van der Waals surface area contributed by atoms with Crippen molar-refractivity contribution in [3.8, 4) is 0 Å². The van der Waals surface area contributed by atoms with E-state index in [1.165, 1.54) is 18.4 Å². The zero-order chi connectivity index (χ0) is 16.1. The Hall–Kier alpha value is -1.36. The molecule has 2 rings (SSSR count). The van der Waals surface area contributed by atoms with E-state index in [1.807, 2.05) is 25.6 Å². The highest BCUT2D eigenvalue weighted by molar-refractivity contribution is 5.78. The predicted octanol–water partition coefficient (Wildman–Crippen LogP) is 1.72. The zero-order valence-electron chi connectivity index (χ0n) is 14.4. The molecule has 0 spiro atoms. The second kappa shape index (κ2) is 7.77. The van der Waals surface area contributed by atoms with E-state index in [0.717, 1.165) is 43.9 Å². The van der Waals surface area contributed by atoms with Crippen LogP contribution in [0.3, 0.4) is 0 Å². The van der Waals surface area contributed by atoms with Crippen molar-refractivity contribution in [1.82, 2.24) is 20.4 Å². The Balaban J connectivity index is 1.76. The minimum Gasteiger partial charge on any atom is -0.356 e.